The molecule has 0 fully saturated rings. The summed E-state index contributed by atoms with van der Waals surface area (Å²) in [6, 6.07) is 3.93. The van der Waals surface area contributed by atoms with Crippen LogP contribution in [0.5, 0.6) is 5.75 Å². The van der Waals surface area contributed by atoms with Gasteiger partial charge in [0.1, 0.15) is 5.75 Å². The van der Waals surface area contributed by atoms with Crippen LogP contribution in [-0.4, -0.2) is 19.7 Å². The van der Waals surface area contributed by atoms with E-state index in [2.05, 4.69) is 6.92 Å². The molecule has 0 heterocycles. The lowest BCUT2D eigenvalue weighted by Gasteiger charge is -2.19. The molecule has 0 aliphatic heterocycles. The fourth-order valence-electron chi connectivity index (χ4n) is 2.35. The monoisotopic (exact) mass is 246 g/mol. The number of carbonyl (C=O) groups excluding carboxylic acids is 1. The second-order valence-electron chi connectivity index (χ2n) is 4.35. The molecule has 3 heteroatoms. The van der Waals surface area contributed by atoms with Gasteiger partial charge in [0.25, 0.3) is 0 Å². The van der Waals surface area contributed by atoms with Crippen LogP contribution in [0, 0.1) is 6.92 Å². The molecular formula is C15H18O3. The Morgan fingerprint density at radius 2 is 2.17 bits per heavy atom. The van der Waals surface area contributed by atoms with Gasteiger partial charge in [0.05, 0.1) is 19.3 Å². The number of hydrogen-bond acceptors (Lipinski definition) is 3. The highest BCUT2D eigenvalue weighted by atomic mass is 16.5. The molecule has 1 aromatic carbocycles. The molecule has 0 atom stereocenters. The fourth-order valence-corrected chi connectivity index (χ4v) is 2.35. The van der Waals surface area contributed by atoms with E-state index in [4.69, 9.17) is 9.47 Å². The van der Waals surface area contributed by atoms with Crippen molar-refractivity contribution in [1.82, 2.24) is 0 Å². The van der Waals surface area contributed by atoms with Crippen molar-refractivity contribution in [2.45, 2.75) is 26.7 Å². The topological polar surface area (TPSA) is 35.5 Å². The summed E-state index contributed by atoms with van der Waals surface area (Å²) in [5.74, 6) is 0.537. The normalized spacial score (nSPS) is 13.6. The van der Waals surface area contributed by atoms with Gasteiger partial charge in [-0.2, -0.15) is 0 Å². The summed E-state index contributed by atoms with van der Waals surface area (Å²) in [6.45, 7) is 4.27. The van der Waals surface area contributed by atoms with Crippen molar-refractivity contribution in [3.05, 3.63) is 34.9 Å². The van der Waals surface area contributed by atoms with Crippen LogP contribution in [0.15, 0.2) is 18.2 Å². The van der Waals surface area contributed by atoms with Gasteiger partial charge >= 0.3 is 5.97 Å². The third-order valence-corrected chi connectivity index (χ3v) is 3.21. The van der Waals surface area contributed by atoms with Crippen LogP contribution in [0.1, 0.15) is 30.0 Å². The Kier molecular flexibility index (Phi) is 3.70. The highest BCUT2D eigenvalue weighted by Gasteiger charge is 2.21. The maximum Gasteiger partial charge on any atom is 0.338 e. The third kappa shape index (κ3) is 2.26. The summed E-state index contributed by atoms with van der Waals surface area (Å²) in [7, 11) is 1.64. The molecule has 2 rings (SSSR count). The molecule has 0 spiro atoms. The zero-order valence-corrected chi connectivity index (χ0v) is 11.1. The van der Waals surface area contributed by atoms with Crippen LogP contribution in [0.3, 0.4) is 0 Å². The number of hydrogen-bond donors (Lipinski definition) is 0. The van der Waals surface area contributed by atoms with Crippen molar-refractivity contribution in [3.63, 3.8) is 0 Å². The first kappa shape index (κ1) is 12.7. The van der Waals surface area contributed by atoms with Crippen LogP contribution >= 0.6 is 0 Å². The molecule has 0 amide bonds. The molecule has 0 saturated carbocycles. The summed E-state index contributed by atoms with van der Waals surface area (Å²) >= 11 is 0. The van der Waals surface area contributed by atoms with Crippen molar-refractivity contribution in [2.75, 3.05) is 13.7 Å². The predicted molar refractivity (Wildman–Crippen MR) is 70.7 cm³/mol. The average molecular weight is 246 g/mol. The number of fused-ring (bicyclic) bond motifs is 1. The molecule has 0 radical (unpaired) electrons. The number of esters is 1. The van der Waals surface area contributed by atoms with E-state index in [1.165, 1.54) is 11.1 Å². The van der Waals surface area contributed by atoms with E-state index in [0.717, 1.165) is 24.2 Å². The summed E-state index contributed by atoms with van der Waals surface area (Å²) in [5, 5.41) is 0. The van der Waals surface area contributed by atoms with Crippen molar-refractivity contribution in [2.24, 2.45) is 0 Å². The molecular weight excluding hydrogens is 228 g/mol. The molecule has 18 heavy (non-hydrogen) atoms. The Balaban J connectivity index is 2.47. The lowest BCUT2D eigenvalue weighted by molar-refractivity contribution is -0.136. The molecule has 0 saturated heterocycles. The summed E-state index contributed by atoms with van der Waals surface area (Å²) < 4.78 is 10.4. The highest BCUT2D eigenvalue weighted by molar-refractivity contribution is 6.17. The van der Waals surface area contributed by atoms with Gasteiger partial charge in [0.2, 0.25) is 0 Å². The Labute approximate surface area is 107 Å². The smallest absolute Gasteiger partial charge is 0.338 e. The molecule has 1 aliphatic rings. The van der Waals surface area contributed by atoms with Crippen molar-refractivity contribution >= 4 is 11.5 Å². The average Bonchev–Trinajstić information content (AvgIpc) is 2.38. The van der Waals surface area contributed by atoms with Crippen molar-refractivity contribution < 1.29 is 14.3 Å². The Morgan fingerprint density at radius 3 is 2.83 bits per heavy atom. The van der Waals surface area contributed by atoms with Crippen molar-refractivity contribution in [3.8, 4) is 5.75 Å². The summed E-state index contributed by atoms with van der Waals surface area (Å²) in [4.78, 5) is 11.9. The Morgan fingerprint density at radius 1 is 1.39 bits per heavy atom. The number of allylic oxidation sites excluding steroid dienone is 1. The van der Waals surface area contributed by atoms with Crippen LogP contribution < -0.4 is 4.74 Å². The van der Waals surface area contributed by atoms with Crippen molar-refractivity contribution in [1.29, 1.82) is 0 Å². The standard InChI is InChI=1S/C15H18O3/c1-4-18-15(16)13-7-5-6-12-10(2)8-11(17-3)9-14(12)13/h7-9H,4-6H2,1-3H3. The molecule has 0 unspecified atom stereocenters. The van der Waals surface area contributed by atoms with Gasteiger partial charge in [-0.15, -0.1) is 0 Å². The lowest BCUT2D eigenvalue weighted by Crippen LogP contribution is -2.12. The largest absolute Gasteiger partial charge is 0.497 e. The van der Waals surface area contributed by atoms with Gasteiger partial charge < -0.3 is 9.47 Å². The van der Waals surface area contributed by atoms with Crippen LogP contribution in [-0.2, 0) is 16.0 Å². The first-order chi connectivity index (χ1) is 8.67. The number of rotatable bonds is 3. The van der Waals surface area contributed by atoms with E-state index in [-0.39, 0.29) is 5.97 Å². The van der Waals surface area contributed by atoms with Gasteiger partial charge in [-0.1, -0.05) is 6.08 Å². The van der Waals surface area contributed by atoms with Gasteiger partial charge in [-0.05, 0) is 55.5 Å². The molecule has 0 N–H and O–H groups in total. The first-order valence-corrected chi connectivity index (χ1v) is 6.22. The number of methoxy groups -OCH3 is 1. The second kappa shape index (κ2) is 5.25. The third-order valence-electron chi connectivity index (χ3n) is 3.21. The summed E-state index contributed by atoms with van der Waals surface area (Å²) in [6.07, 6.45) is 3.81. The molecule has 3 nitrogen and oxygen atoms in total. The molecule has 0 bridgehead atoms. The van der Waals surface area contributed by atoms with Gasteiger partial charge in [-0.25, -0.2) is 4.79 Å². The maximum absolute atomic E-state index is 11.9. The molecule has 1 aromatic rings. The van der Waals surface area contributed by atoms with E-state index in [1.54, 1.807) is 7.11 Å². The zero-order chi connectivity index (χ0) is 13.1. The molecule has 1 aliphatic carbocycles. The van der Waals surface area contributed by atoms with E-state index in [9.17, 15) is 4.79 Å². The number of ether oxygens (including phenoxy) is 2. The number of carbonyl (C=O) groups is 1. The van der Waals surface area contributed by atoms with E-state index >= 15 is 0 Å². The lowest BCUT2D eigenvalue weighted by atomic mass is 9.87. The minimum atomic E-state index is -0.244. The fraction of sp³-hybridized carbons (Fsp3) is 0.400. The SMILES string of the molecule is CCOC(=O)C1=CCCc2c(C)cc(OC)cc21. The quantitative estimate of drug-likeness (QED) is 0.769. The Bertz CT molecular complexity index is 501. The minimum absolute atomic E-state index is 0.244. The van der Waals surface area contributed by atoms with Gasteiger partial charge in [-0.3, -0.25) is 0 Å². The van der Waals surface area contributed by atoms with Crippen LogP contribution in [0.2, 0.25) is 0 Å². The summed E-state index contributed by atoms with van der Waals surface area (Å²) in [5.41, 5.74) is 4.01. The van der Waals surface area contributed by atoms with Crippen LogP contribution in [0.25, 0.3) is 5.57 Å². The zero-order valence-electron chi connectivity index (χ0n) is 11.1. The highest BCUT2D eigenvalue weighted by Crippen LogP contribution is 2.33. The minimum Gasteiger partial charge on any atom is -0.497 e. The Hall–Kier alpha value is -1.77. The van der Waals surface area contributed by atoms with Gasteiger partial charge in [0, 0.05) is 0 Å². The number of aryl methyl sites for hydroxylation is 1. The second-order valence-corrected chi connectivity index (χ2v) is 4.35. The van der Waals surface area contributed by atoms with E-state index < -0.39 is 0 Å². The van der Waals surface area contributed by atoms with E-state index in [0.29, 0.717) is 12.2 Å². The molecule has 0 aromatic heterocycles. The van der Waals surface area contributed by atoms with E-state index in [1.807, 2.05) is 25.1 Å². The van der Waals surface area contributed by atoms with Gasteiger partial charge in [0.15, 0.2) is 0 Å². The first-order valence-electron chi connectivity index (χ1n) is 6.22. The molecule has 96 valence electrons. The van der Waals surface area contributed by atoms with Crippen LogP contribution in [0.4, 0.5) is 0 Å². The predicted octanol–water partition coefficient (Wildman–Crippen LogP) is 2.90. The maximum atomic E-state index is 11.9. The number of benzene rings is 1.